The third-order valence-electron chi connectivity index (χ3n) is 3.05. The fourth-order valence-electron chi connectivity index (χ4n) is 2.03. The van der Waals surface area contributed by atoms with Crippen LogP contribution in [0.5, 0.6) is 0 Å². The third kappa shape index (κ3) is 3.93. The van der Waals surface area contributed by atoms with Gasteiger partial charge in [-0.15, -0.1) is 0 Å². The first kappa shape index (κ1) is 14.4. The van der Waals surface area contributed by atoms with E-state index in [-0.39, 0.29) is 11.8 Å². The molecule has 0 aromatic rings. The first-order chi connectivity index (χ1) is 7.86. The molecule has 0 aromatic heterocycles. The van der Waals surface area contributed by atoms with Crippen LogP contribution in [-0.2, 0) is 15.0 Å². The molecule has 0 saturated carbocycles. The molecule has 0 bridgehead atoms. The summed E-state index contributed by atoms with van der Waals surface area (Å²) in [5, 5.41) is 5.03. The molecule has 0 radical (unpaired) electrons. The maximum Gasteiger partial charge on any atom is 0.277 e. The van der Waals surface area contributed by atoms with Gasteiger partial charge in [0.05, 0.1) is 0 Å². The molecule has 1 atom stereocenters. The predicted octanol–water partition coefficient (Wildman–Crippen LogP) is -0.230. The highest BCUT2D eigenvalue weighted by Gasteiger charge is 2.28. The van der Waals surface area contributed by atoms with Crippen LogP contribution in [0.25, 0.3) is 0 Å². The van der Waals surface area contributed by atoms with E-state index in [2.05, 4.69) is 0 Å². The van der Waals surface area contributed by atoms with Crippen LogP contribution in [0.4, 0.5) is 0 Å². The summed E-state index contributed by atoms with van der Waals surface area (Å²) in [5.74, 6) is 0.127. The number of hydrogen-bond donors (Lipinski definition) is 1. The Bertz CT molecular complexity index is 361. The van der Waals surface area contributed by atoms with Crippen LogP contribution in [-0.4, -0.2) is 49.7 Å². The lowest BCUT2D eigenvalue weighted by molar-refractivity contribution is -0.136. The fourth-order valence-corrected chi connectivity index (χ4v) is 2.70. The molecule has 1 unspecified atom stereocenters. The van der Waals surface area contributed by atoms with E-state index in [4.69, 9.17) is 5.14 Å². The van der Waals surface area contributed by atoms with Crippen LogP contribution < -0.4 is 5.14 Å². The van der Waals surface area contributed by atoms with Crippen molar-refractivity contribution in [2.75, 3.05) is 26.2 Å². The van der Waals surface area contributed by atoms with Gasteiger partial charge < -0.3 is 4.90 Å². The SMILES string of the molecule is CCCC(C)C(=O)N1CCN(S(N)(=O)=O)CC1. The summed E-state index contributed by atoms with van der Waals surface area (Å²) < 4.78 is 23.4. The van der Waals surface area contributed by atoms with Crippen LogP contribution in [0.2, 0.25) is 0 Å². The van der Waals surface area contributed by atoms with Crippen molar-refractivity contribution in [3.8, 4) is 0 Å². The highest BCUT2D eigenvalue weighted by atomic mass is 32.2. The zero-order valence-corrected chi connectivity index (χ0v) is 11.2. The third-order valence-corrected chi connectivity index (χ3v) is 4.14. The molecule has 2 N–H and O–H groups in total. The van der Waals surface area contributed by atoms with E-state index in [1.807, 2.05) is 13.8 Å². The molecule has 1 saturated heterocycles. The van der Waals surface area contributed by atoms with Crippen molar-refractivity contribution in [1.29, 1.82) is 0 Å². The van der Waals surface area contributed by atoms with Crippen LogP contribution in [0.15, 0.2) is 0 Å². The summed E-state index contributed by atoms with van der Waals surface area (Å²) in [6, 6.07) is 0. The molecule has 1 amide bonds. The first-order valence-corrected chi connectivity index (χ1v) is 7.43. The Kier molecular flexibility index (Phi) is 4.91. The summed E-state index contributed by atoms with van der Waals surface area (Å²) in [6.45, 7) is 5.42. The average molecular weight is 263 g/mol. The molecule has 0 spiro atoms. The minimum atomic E-state index is -3.61. The minimum absolute atomic E-state index is 0.0148. The number of amides is 1. The summed E-state index contributed by atoms with van der Waals surface area (Å²) in [6.07, 6.45) is 1.85. The zero-order chi connectivity index (χ0) is 13.1. The highest BCUT2D eigenvalue weighted by molar-refractivity contribution is 7.86. The van der Waals surface area contributed by atoms with E-state index >= 15 is 0 Å². The molecule has 1 aliphatic rings. The number of rotatable bonds is 4. The molecule has 0 aromatic carbocycles. The van der Waals surface area contributed by atoms with Gasteiger partial charge in [-0.05, 0) is 6.42 Å². The van der Waals surface area contributed by atoms with Gasteiger partial charge in [-0.2, -0.15) is 12.7 Å². The van der Waals surface area contributed by atoms with E-state index in [9.17, 15) is 13.2 Å². The van der Waals surface area contributed by atoms with Gasteiger partial charge in [0.25, 0.3) is 10.2 Å². The number of piperazine rings is 1. The second-order valence-electron chi connectivity index (χ2n) is 4.46. The van der Waals surface area contributed by atoms with Gasteiger partial charge in [-0.25, -0.2) is 5.14 Å². The average Bonchev–Trinajstić information content (AvgIpc) is 2.27. The molecule has 1 aliphatic heterocycles. The van der Waals surface area contributed by atoms with Gasteiger partial charge in [0.15, 0.2) is 0 Å². The fraction of sp³-hybridized carbons (Fsp3) is 0.900. The molecule has 1 heterocycles. The van der Waals surface area contributed by atoms with Gasteiger partial charge in [0.2, 0.25) is 5.91 Å². The van der Waals surface area contributed by atoms with E-state index in [0.717, 1.165) is 12.8 Å². The number of nitrogens with two attached hydrogens (primary N) is 1. The smallest absolute Gasteiger partial charge is 0.277 e. The van der Waals surface area contributed by atoms with Crippen LogP contribution in [0.1, 0.15) is 26.7 Å². The molecule has 100 valence electrons. The van der Waals surface area contributed by atoms with E-state index in [0.29, 0.717) is 26.2 Å². The Morgan fingerprint density at radius 2 is 1.82 bits per heavy atom. The maximum absolute atomic E-state index is 12.0. The van der Waals surface area contributed by atoms with Gasteiger partial charge >= 0.3 is 0 Å². The van der Waals surface area contributed by atoms with Crippen molar-refractivity contribution in [2.24, 2.45) is 11.1 Å². The summed E-state index contributed by atoms with van der Waals surface area (Å²) in [4.78, 5) is 13.7. The number of nitrogens with zero attached hydrogens (tertiary/aromatic N) is 2. The van der Waals surface area contributed by atoms with Gasteiger partial charge in [-0.1, -0.05) is 20.3 Å². The first-order valence-electron chi connectivity index (χ1n) is 5.93. The number of carbonyl (C=O) groups excluding carboxylic acids is 1. The van der Waals surface area contributed by atoms with Crippen molar-refractivity contribution < 1.29 is 13.2 Å². The largest absolute Gasteiger partial charge is 0.340 e. The van der Waals surface area contributed by atoms with Crippen molar-refractivity contribution >= 4 is 16.1 Å². The van der Waals surface area contributed by atoms with Crippen molar-refractivity contribution in [3.05, 3.63) is 0 Å². The van der Waals surface area contributed by atoms with E-state index in [1.54, 1.807) is 4.90 Å². The molecule has 17 heavy (non-hydrogen) atoms. The Hall–Kier alpha value is -0.660. The molecule has 1 fully saturated rings. The predicted molar refractivity (Wildman–Crippen MR) is 65.3 cm³/mol. The standard InChI is InChI=1S/C10H21N3O3S/c1-3-4-9(2)10(14)12-5-7-13(8-6-12)17(11,15)16/h9H,3-8H2,1-2H3,(H2,11,15,16). The molecule has 7 heteroatoms. The van der Waals surface area contributed by atoms with Crippen molar-refractivity contribution in [3.63, 3.8) is 0 Å². The molecular weight excluding hydrogens is 242 g/mol. The lowest BCUT2D eigenvalue weighted by atomic mass is 10.0. The monoisotopic (exact) mass is 263 g/mol. The Morgan fingerprint density at radius 3 is 2.24 bits per heavy atom. The van der Waals surface area contributed by atoms with Crippen LogP contribution in [0, 0.1) is 5.92 Å². The van der Waals surface area contributed by atoms with E-state index in [1.165, 1.54) is 4.31 Å². The quantitative estimate of drug-likeness (QED) is 0.760. The van der Waals surface area contributed by atoms with E-state index < -0.39 is 10.2 Å². The zero-order valence-electron chi connectivity index (χ0n) is 10.4. The second kappa shape index (κ2) is 5.79. The number of carbonyl (C=O) groups is 1. The van der Waals surface area contributed by atoms with Crippen LogP contribution in [0.3, 0.4) is 0 Å². The highest BCUT2D eigenvalue weighted by Crippen LogP contribution is 2.12. The lowest BCUT2D eigenvalue weighted by Crippen LogP contribution is -2.53. The topological polar surface area (TPSA) is 83.7 Å². The molecular formula is C10H21N3O3S. The summed E-state index contributed by atoms with van der Waals surface area (Å²) in [7, 11) is -3.61. The Balaban J connectivity index is 2.49. The minimum Gasteiger partial charge on any atom is -0.340 e. The van der Waals surface area contributed by atoms with Crippen molar-refractivity contribution in [1.82, 2.24) is 9.21 Å². The summed E-state index contributed by atoms with van der Waals surface area (Å²) in [5.41, 5.74) is 0. The number of hydrogen-bond acceptors (Lipinski definition) is 3. The molecule has 0 aliphatic carbocycles. The van der Waals surface area contributed by atoms with Gasteiger partial charge in [0, 0.05) is 32.1 Å². The molecule has 6 nitrogen and oxygen atoms in total. The normalized spacial score (nSPS) is 20.3. The maximum atomic E-state index is 12.0. The van der Waals surface area contributed by atoms with Gasteiger partial charge in [-0.3, -0.25) is 4.79 Å². The molecule has 1 rings (SSSR count). The van der Waals surface area contributed by atoms with Crippen molar-refractivity contribution in [2.45, 2.75) is 26.7 Å². The van der Waals surface area contributed by atoms with Crippen LogP contribution >= 0.6 is 0 Å². The lowest BCUT2D eigenvalue weighted by Gasteiger charge is -2.34. The van der Waals surface area contributed by atoms with Gasteiger partial charge in [0.1, 0.15) is 0 Å². The second-order valence-corrected chi connectivity index (χ2v) is 6.01. The Labute approximate surface area is 103 Å². The summed E-state index contributed by atoms with van der Waals surface area (Å²) >= 11 is 0. The Morgan fingerprint density at radius 1 is 1.29 bits per heavy atom.